The van der Waals surface area contributed by atoms with Crippen molar-refractivity contribution in [1.29, 1.82) is 0 Å². The Kier molecular flexibility index (Phi) is 2.17. The van der Waals surface area contributed by atoms with Gasteiger partial charge in [0, 0.05) is 0 Å². The van der Waals surface area contributed by atoms with Crippen molar-refractivity contribution >= 4 is 34.4 Å². The summed E-state index contributed by atoms with van der Waals surface area (Å²) in [7, 11) is 0. The van der Waals surface area contributed by atoms with E-state index in [1.165, 1.54) is 4.57 Å². The molecule has 0 aliphatic carbocycles. The van der Waals surface area contributed by atoms with Crippen LogP contribution in [-0.2, 0) is 4.74 Å². The van der Waals surface area contributed by atoms with Gasteiger partial charge in [0.15, 0.2) is 10.8 Å². The van der Waals surface area contributed by atoms with Gasteiger partial charge in [0.2, 0.25) is 5.28 Å². The molecule has 1 aliphatic rings. The minimum atomic E-state index is -0.276. The Bertz CT molecular complexity index is 616. The summed E-state index contributed by atoms with van der Waals surface area (Å²) < 4.78 is 6.54. The largest absolute Gasteiger partial charge is 0.377 e. The molecule has 2 aromatic rings. The molecule has 8 heteroatoms. The van der Waals surface area contributed by atoms with E-state index in [1.807, 2.05) is 0 Å². The van der Waals surface area contributed by atoms with Crippen LogP contribution in [0.3, 0.4) is 0 Å². The molecule has 0 atom stereocenters. The summed E-state index contributed by atoms with van der Waals surface area (Å²) in [6.07, 6.45) is 0. The van der Waals surface area contributed by atoms with Crippen LogP contribution in [0.1, 0.15) is 6.04 Å². The first kappa shape index (κ1) is 10.1. The van der Waals surface area contributed by atoms with E-state index < -0.39 is 0 Å². The second kappa shape index (κ2) is 3.44. The molecule has 0 amide bonds. The summed E-state index contributed by atoms with van der Waals surface area (Å²) in [6.45, 7) is 0.984. The summed E-state index contributed by atoms with van der Waals surface area (Å²) >= 11 is 11.6. The SMILES string of the molecule is O=c1[nH]c2c(Cl)nc(Cl)nc2n1C1COC1. The van der Waals surface area contributed by atoms with E-state index in [1.54, 1.807) is 0 Å². The molecule has 0 unspecified atom stereocenters. The van der Waals surface area contributed by atoms with Crippen LogP contribution >= 0.6 is 23.2 Å². The van der Waals surface area contributed by atoms with Crippen LogP contribution < -0.4 is 5.69 Å². The maximum absolute atomic E-state index is 11.7. The Morgan fingerprint density at radius 3 is 2.75 bits per heavy atom. The third-order valence-electron chi connectivity index (χ3n) is 2.48. The minimum Gasteiger partial charge on any atom is -0.377 e. The number of aromatic nitrogens is 4. The zero-order chi connectivity index (χ0) is 11.3. The predicted molar refractivity (Wildman–Crippen MR) is 58.0 cm³/mol. The van der Waals surface area contributed by atoms with Crippen molar-refractivity contribution in [3.05, 3.63) is 20.9 Å². The lowest BCUT2D eigenvalue weighted by atomic mass is 10.2. The van der Waals surface area contributed by atoms with Crippen molar-refractivity contribution in [2.45, 2.75) is 6.04 Å². The molecule has 84 valence electrons. The average molecular weight is 261 g/mol. The molecular weight excluding hydrogens is 255 g/mol. The van der Waals surface area contributed by atoms with E-state index in [-0.39, 0.29) is 22.2 Å². The maximum atomic E-state index is 11.7. The van der Waals surface area contributed by atoms with E-state index in [9.17, 15) is 4.79 Å². The van der Waals surface area contributed by atoms with Crippen molar-refractivity contribution < 1.29 is 4.74 Å². The number of imidazole rings is 1. The first-order chi connectivity index (χ1) is 7.66. The highest BCUT2D eigenvalue weighted by Gasteiger charge is 2.26. The van der Waals surface area contributed by atoms with Gasteiger partial charge in [0.1, 0.15) is 5.52 Å². The van der Waals surface area contributed by atoms with Crippen molar-refractivity contribution in [2.24, 2.45) is 0 Å². The van der Waals surface area contributed by atoms with Crippen molar-refractivity contribution in [2.75, 3.05) is 13.2 Å². The van der Waals surface area contributed by atoms with Crippen LogP contribution in [0.25, 0.3) is 11.2 Å². The highest BCUT2D eigenvalue weighted by molar-refractivity contribution is 6.35. The smallest absolute Gasteiger partial charge is 0.328 e. The van der Waals surface area contributed by atoms with Crippen LogP contribution in [-0.4, -0.2) is 32.7 Å². The fraction of sp³-hybridized carbons (Fsp3) is 0.375. The van der Waals surface area contributed by atoms with Gasteiger partial charge in [-0.05, 0) is 11.6 Å². The number of rotatable bonds is 1. The van der Waals surface area contributed by atoms with Crippen LogP contribution in [0, 0.1) is 0 Å². The summed E-state index contributed by atoms with van der Waals surface area (Å²) in [5.41, 5.74) is 0.549. The van der Waals surface area contributed by atoms with Gasteiger partial charge in [-0.25, -0.2) is 9.78 Å². The first-order valence-electron chi connectivity index (χ1n) is 4.58. The number of fused-ring (bicyclic) bond motifs is 1. The highest BCUT2D eigenvalue weighted by Crippen LogP contribution is 2.23. The molecule has 1 aliphatic heterocycles. The fourth-order valence-electron chi connectivity index (χ4n) is 1.65. The average Bonchev–Trinajstić information content (AvgIpc) is 2.43. The topological polar surface area (TPSA) is 72.8 Å². The number of H-pyrrole nitrogens is 1. The van der Waals surface area contributed by atoms with Gasteiger partial charge < -0.3 is 9.72 Å². The molecule has 16 heavy (non-hydrogen) atoms. The first-order valence-corrected chi connectivity index (χ1v) is 5.33. The van der Waals surface area contributed by atoms with Crippen molar-refractivity contribution in [1.82, 2.24) is 19.5 Å². The van der Waals surface area contributed by atoms with Crippen LogP contribution in [0.2, 0.25) is 10.4 Å². The molecule has 1 saturated heterocycles. The third-order valence-corrected chi connectivity index (χ3v) is 2.93. The van der Waals surface area contributed by atoms with Gasteiger partial charge in [0.25, 0.3) is 0 Å². The number of aromatic amines is 1. The summed E-state index contributed by atoms with van der Waals surface area (Å²) in [5.74, 6) is 0. The second-order valence-electron chi connectivity index (χ2n) is 3.47. The Labute approximate surface area is 99.2 Å². The quantitative estimate of drug-likeness (QED) is 0.613. The Morgan fingerprint density at radius 1 is 1.38 bits per heavy atom. The van der Waals surface area contributed by atoms with Gasteiger partial charge in [-0.3, -0.25) is 4.57 Å². The molecule has 0 radical (unpaired) electrons. The molecule has 2 aromatic heterocycles. The predicted octanol–water partition coefficient (Wildman–Crippen LogP) is 0.998. The normalized spacial score (nSPS) is 16.6. The third kappa shape index (κ3) is 1.34. The van der Waals surface area contributed by atoms with Crippen LogP contribution in [0.4, 0.5) is 0 Å². The number of hydrogen-bond acceptors (Lipinski definition) is 4. The molecule has 0 saturated carbocycles. The number of hydrogen-bond donors (Lipinski definition) is 1. The van der Waals surface area contributed by atoms with Crippen molar-refractivity contribution in [3.63, 3.8) is 0 Å². The molecule has 6 nitrogen and oxygen atoms in total. The Morgan fingerprint density at radius 2 is 2.12 bits per heavy atom. The monoisotopic (exact) mass is 260 g/mol. The van der Waals surface area contributed by atoms with Gasteiger partial charge >= 0.3 is 5.69 Å². The van der Waals surface area contributed by atoms with Gasteiger partial charge in [-0.15, -0.1) is 0 Å². The lowest BCUT2D eigenvalue weighted by Crippen LogP contribution is -2.36. The molecule has 0 bridgehead atoms. The fourth-order valence-corrected chi connectivity index (χ4v) is 2.07. The van der Waals surface area contributed by atoms with Crippen molar-refractivity contribution in [3.8, 4) is 0 Å². The van der Waals surface area contributed by atoms with Crippen LogP contribution in [0.5, 0.6) is 0 Å². The molecule has 0 spiro atoms. The standard InChI is InChI=1S/C8H6Cl2N4O2/c9-5-4-6(13-7(10)12-5)14(8(15)11-4)3-1-16-2-3/h3H,1-2H2,(H,11,15). The number of halogens is 2. The highest BCUT2D eigenvalue weighted by atomic mass is 35.5. The summed E-state index contributed by atoms with van der Waals surface area (Å²) in [4.78, 5) is 22.1. The molecule has 3 rings (SSSR count). The molecule has 0 aromatic carbocycles. The summed E-state index contributed by atoms with van der Waals surface area (Å²) in [5, 5.41) is 0.164. The zero-order valence-electron chi connectivity index (χ0n) is 7.91. The number of ether oxygens (including phenoxy) is 1. The Balaban J connectivity index is 2.34. The number of nitrogens with zero attached hydrogens (tertiary/aromatic N) is 3. The maximum Gasteiger partial charge on any atom is 0.328 e. The molecule has 3 heterocycles. The van der Waals surface area contributed by atoms with E-state index in [4.69, 9.17) is 27.9 Å². The lowest BCUT2D eigenvalue weighted by molar-refractivity contribution is -0.0231. The van der Waals surface area contributed by atoms with Gasteiger partial charge in [-0.2, -0.15) is 4.98 Å². The minimum absolute atomic E-state index is 0.0108. The summed E-state index contributed by atoms with van der Waals surface area (Å²) in [6, 6.07) is -0.0108. The van der Waals surface area contributed by atoms with Gasteiger partial charge in [-0.1, -0.05) is 11.6 Å². The van der Waals surface area contributed by atoms with E-state index in [0.29, 0.717) is 24.4 Å². The van der Waals surface area contributed by atoms with E-state index in [0.717, 1.165) is 0 Å². The second-order valence-corrected chi connectivity index (χ2v) is 4.17. The van der Waals surface area contributed by atoms with Crippen LogP contribution in [0.15, 0.2) is 4.79 Å². The number of nitrogens with one attached hydrogen (secondary N) is 1. The molecular formula is C8H6Cl2N4O2. The molecule has 1 fully saturated rings. The van der Waals surface area contributed by atoms with Gasteiger partial charge in [0.05, 0.1) is 19.3 Å². The lowest BCUT2D eigenvalue weighted by Gasteiger charge is -2.26. The Hall–Kier alpha value is -1.11. The van der Waals surface area contributed by atoms with E-state index >= 15 is 0 Å². The van der Waals surface area contributed by atoms with E-state index in [2.05, 4.69) is 15.0 Å². The zero-order valence-corrected chi connectivity index (χ0v) is 9.42. The molecule has 1 N–H and O–H groups in total.